The van der Waals surface area contributed by atoms with Crippen molar-refractivity contribution in [2.45, 2.75) is 0 Å². The molecule has 0 unspecified atom stereocenters. The average molecular weight is 142 g/mol. The van der Waals surface area contributed by atoms with E-state index in [1.54, 1.807) is 7.05 Å². The fourth-order valence-corrected chi connectivity index (χ4v) is 0.596. The van der Waals surface area contributed by atoms with Gasteiger partial charge in [0, 0.05) is 0 Å². The zero-order valence-electron chi connectivity index (χ0n) is 5.79. The first-order valence-corrected chi connectivity index (χ1v) is 2.73. The van der Waals surface area contributed by atoms with Crippen molar-refractivity contribution in [3.8, 4) is 6.01 Å². The van der Waals surface area contributed by atoms with E-state index in [0.717, 1.165) is 0 Å². The maximum absolute atomic E-state index is 10.7. The summed E-state index contributed by atoms with van der Waals surface area (Å²) in [5.74, 6) is 0. The normalized spacial score (nSPS) is 9.40. The molecule has 0 amide bonds. The lowest BCUT2D eigenvalue weighted by atomic mass is 10.8. The summed E-state index contributed by atoms with van der Waals surface area (Å²) in [6.45, 7) is 0. The fraction of sp³-hybridized carbons (Fsp3) is 0.400. The molecule has 0 aliphatic heterocycles. The number of hydrogen-bond acceptors (Lipinski definition) is 3. The molecule has 54 valence electrons. The smallest absolute Gasteiger partial charge is 0.359 e. The van der Waals surface area contributed by atoms with Gasteiger partial charge in [0.2, 0.25) is 0 Å². The van der Waals surface area contributed by atoms with Crippen LogP contribution < -0.4 is 15.0 Å². The van der Waals surface area contributed by atoms with E-state index in [1.165, 1.54) is 18.0 Å². The molecule has 0 aromatic carbocycles. The van der Waals surface area contributed by atoms with Crippen molar-refractivity contribution >= 4 is 0 Å². The van der Waals surface area contributed by atoms with Crippen LogP contribution in [0.25, 0.3) is 0 Å². The van der Waals surface area contributed by atoms with Crippen molar-refractivity contribution in [2.24, 2.45) is 7.05 Å². The minimum Gasteiger partial charge on any atom is -0.464 e. The summed E-state index contributed by atoms with van der Waals surface area (Å²) in [6.07, 6.45) is 1.32. The van der Waals surface area contributed by atoms with Crippen LogP contribution in [0, 0.1) is 0 Å². The molecule has 1 aromatic heterocycles. The lowest BCUT2D eigenvalue weighted by Crippen LogP contribution is -2.37. The molecular weight excluding hydrogens is 134 g/mol. The summed E-state index contributed by atoms with van der Waals surface area (Å²) in [4.78, 5) is 13.1. The van der Waals surface area contributed by atoms with Crippen LogP contribution in [-0.2, 0) is 7.05 Å². The van der Waals surface area contributed by atoms with E-state index in [9.17, 15) is 4.79 Å². The van der Waals surface area contributed by atoms with Gasteiger partial charge in [-0.15, -0.1) is 0 Å². The molecule has 0 radical (unpaired) electrons. The highest BCUT2D eigenvalue weighted by atomic mass is 16.5. The highest BCUT2D eigenvalue weighted by molar-refractivity contribution is 4.83. The van der Waals surface area contributed by atoms with Gasteiger partial charge in [-0.3, -0.25) is 9.78 Å². The molecular formula is C5H8N3O2+. The lowest BCUT2D eigenvalue weighted by molar-refractivity contribution is -0.732. The van der Waals surface area contributed by atoms with Crippen LogP contribution in [0.2, 0.25) is 0 Å². The predicted octanol–water partition coefficient (Wildman–Crippen LogP) is -1.40. The minimum atomic E-state index is -0.227. The van der Waals surface area contributed by atoms with Gasteiger partial charge in [0.25, 0.3) is 6.20 Å². The van der Waals surface area contributed by atoms with E-state index in [2.05, 4.69) is 14.8 Å². The molecule has 0 bridgehead atoms. The first-order chi connectivity index (χ1) is 4.72. The molecule has 0 saturated carbocycles. The number of aryl methyl sites for hydroxylation is 1. The summed E-state index contributed by atoms with van der Waals surface area (Å²) < 4.78 is 6.07. The second kappa shape index (κ2) is 2.47. The van der Waals surface area contributed by atoms with Gasteiger partial charge in [-0.1, -0.05) is 4.68 Å². The third-order valence-electron chi connectivity index (χ3n) is 0.976. The Kier molecular flexibility index (Phi) is 1.66. The largest absolute Gasteiger partial charge is 0.464 e. The predicted molar refractivity (Wildman–Crippen MR) is 32.6 cm³/mol. The number of nitrogens with zero attached hydrogens (tertiary/aromatic N) is 2. The second-order valence-corrected chi connectivity index (χ2v) is 1.80. The molecule has 1 aromatic rings. The summed E-state index contributed by atoms with van der Waals surface area (Å²) >= 11 is 0. The Bertz CT molecular complexity index is 280. The highest BCUT2D eigenvalue weighted by Crippen LogP contribution is 1.86. The van der Waals surface area contributed by atoms with Crippen molar-refractivity contribution in [3.63, 3.8) is 0 Å². The number of methoxy groups -OCH3 is 1. The van der Waals surface area contributed by atoms with E-state index < -0.39 is 0 Å². The van der Waals surface area contributed by atoms with Crippen molar-refractivity contribution in [2.75, 3.05) is 7.11 Å². The molecule has 0 spiro atoms. The zero-order valence-corrected chi connectivity index (χ0v) is 5.79. The van der Waals surface area contributed by atoms with E-state index in [-0.39, 0.29) is 11.6 Å². The van der Waals surface area contributed by atoms with Crippen molar-refractivity contribution in [1.82, 2.24) is 10.1 Å². The van der Waals surface area contributed by atoms with Crippen molar-refractivity contribution in [1.29, 1.82) is 0 Å². The third-order valence-corrected chi connectivity index (χ3v) is 0.976. The molecule has 0 fully saturated rings. The first kappa shape index (κ1) is 6.73. The van der Waals surface area contributed by atoms with Gasteiger partial charge in [0.1, 0.15) is 0 Å². The van der Waals surface area contributed by atoms with Crippen LogP contribution in [0.5, 0.6) is 6.01 Å². The maximum Gasteiger partial charge on any atom is 0.359 e. The number of H-pyrrole nitrogens is 1. The number of hydrogen-bond donors (Lipinski definition) is 1. The Labute approximate surface area is 57.3 Å². The molecule has 10 heavy (non-hydrogen) atoms. The standard InChI is InChI=1S/C5H7N3O2/c1-8-3-4(9)6-5(7-8)10-2/h3H,1-2H3/p+1. The summed E-state index contributed by atoms with van der Waals surface area (Å²) in [5.41, 5.74) is -0.227. The summed E-state index contributed by atoms with van der Waals surface area (Å²) in [6, 6.07) is 0.218. The number of rotatable bonds is 1. The van der Waals surface area contributed by atoms with Crippen molar-refractivity contribution < 1.29 is 9.42 Å². The third kappa shape index (κ3) is 1.31. The molecule has 5 nitrogen and oxygen atoms in total. The fourth-order valence-electron chi connectivity index (χ4n) is 0.596. The zero-order chi connectivity index (χ0) is 7.56. The van der Waals surface area contributed by atoms with Crippen LogP contribution in [0.15, 0.2) is 11.0 Å². The average Bonchev–Trinajstić information content (AvgIpc) is 1.85. The number of aromatic amines is 1. The molecule has 0 atom stereocenters. The van der Waals surface area contributed by atoms with E-state index >= 15 is 0 Å². The van der Waals surface area contributed by atoms with Crippen LogP contribution in [0.4, 0.5) is 0 Å². The van der Waals surface area contributed by atoms with Gasteiger partial charge in [0.15, 0.2) is 7.05 Å². The van der Waals surface area contributed by atoms with Gasteiger partial charge >= 0.3 is 11.6 Å². The van der Waals surface area contributed by atoms with Crippen LogP contribution >= 0.6 is 0 Å². The maximum atomic E-state index is 10.7. The first-order valence-electron chi connectivity index (χ1n) is 2.73. The van der Waals surface area contributed by atoms with Crippen molar-refractivity contribution in [3.05, 3.63) is 16.6 Å². The van der Waals surface area contributed by atoms with E-state index in [1.807, 2.05) is 0 Å². The van der Waals surface area contributed by atoms with Crippen LogP contribution in [-0.4, -0.2) is 17.2 Å². The summed E-state index contributed by atoms with van der Waals surface area (Å²) in [7, 11) is 3.09. The molecule has 1 N–H and O–H groups in total. The van der Waals surface area contributed by atoms with Gasteiger partial charge in [-0.05, 0) is 0 Å². The number of ether oxygens (including phenoxy) is 1. The van der Waals surface area contributed by atoms with Gasteiger partial charge in [-0.2, -0.15) is 0 Å². The van der Waals surface area contributed by atoms with Gasteiger partial charge < -0.3 is 4.74 Å². The summed E-state index contributed by atoms with van der Waals surface area (Å²) in [5, 5.41) is 3.79. The quantitative estimate of drug-likeness (QED) is 0.491. The van der Waals surface area contributed by atoms with E-state index in [0.29, 0.717) is 0 Å². The van der Waals surface area contributed by atoms with Crippen LogP contribution in [0.3, 0.4) is 0 Å². The molecule has 1 heterocycles. The number of aromatic nitrogens is 3. The molecule has 5 heteroatoms. The SMILES string of the molecule is COc1n[n+](C)cc(=O)[nH]1. The Morgan fingerprint density at radius 1 is 1.80 bits per heavy atom. The minimum absolute atomic E-state index is 0.218. The topological polar surface area (TPSA) is 58.9 Å². The Morgan fingerprint density at radius 3 is 3.00 bits per heavy atom. The second-order valence-electron chi connectivity index (χ2n) is 1.80. The Hall–Kier alpha value is -1.39. The number of nitrogens with one attached hydrogen (secondary N) is 1. The molecule has 0 aliphatic carbocycles. The molecule has 0 saturated heterocycles. The van der Waals surface area contributed by atoms with Gasteiger partial charge in [-0.25, -0.2) is 0 Å². The molecule has 0 aliphatic rings. The Morgan fingerprint density at radius 2 is 2.50 bits per heavy atom. The molecule has 1 rings (SSSR count). The van der Waals surface area contributed by atoms with E-state index in [4.69, 9.17) is 0 Å². The Balaban J connectivity index is 3.19. The van der Waals surface area contributed by atoms with Gasteiger partial charge in [0.05, 0.1) is 12.2 Å². The van der Waals surface area contributed by atoms with Crippen LogP contribution in [0.1, 0.15) is 0 Å². The highest BCUT2D eigenvalue weighted by Gasteiger charge is 2.01. The monoisotopic (exact) mass is 142 g/mol. The lowest BCUT2D eigenvalue weighted by Gasteiger charge is -1.91.